The van der Waals surface area contributed by atoms with Gasteiger partial charge in [-0.05, 0) is 25.2 Å². The molecule has 10 heavy (non-hydrogen) atoms. The maximum Gasteiger partial charge on any atom is 0.211 e. The first kappa shape index (κ1) is 7.03. The second-order valence-electron chi connectivity index (χ2n) is 3.55. The van der Waals surface area contributed by atoms with E-state index in [4.69, 9.17) is 8.85 Å². The average Bonchev–Trinajstić information content (AvgIpc) is 2.55. The highest BCUT2D eigenvalue weighted by Gasteiger charge is 2.60. The number of rotatable bonds is 3. The Labute approximate surface area is 64.4 Å². The Bertz CT molecular complexity index is 141. The van der Waals surface area contributed by atoms with Gasteiger partial charge < -0.3 is 8.85 Å². The van der Waals surface area contributed by atoms with Crippen molar-refractivity contribution in [2.75, 3.05) is 6.61 Å². The first-order valence-electron chi connectivity index (χ1n) is 4.02. The molecule has 0 radical (unpaired) electrons. The van der Waals surface area contributed by atoms with Crippen molar-refractivity contribution in [1.82, 2.24) is 0 Å². The zero-order chi connectivity index (χ0) is 7.19. The van der Waals surface area contributed by atoms with Crippen molar-refractivity contribution in [3.05, 3.63) is 0 Å². The minimum absolute atomic E-state index is 0.613. The van der Waals surface area contributed by atoms with Crippen LogP contribution in [0.2, 0.25) is 25.2 Å². The van der Waals surface area contributed by atoms with Gasteiger partial charge in [0.2, 0.25) is 8.32 Å². The summed E-state index contributed by atoms with van der Waals surface area (Å²) >= 11 is 0. The van der Waals surface area contributed by atoms with E-state index in [2.05, 4.69) is 13.1 Å². The molecule has 0 aliphatic carbocycles. The highest BCUT2D eigenvalue weighted by Crippen LogP contribution is 2.46. The fourth-order valence-corrected chi connectivity index (χ4v) is 9.10. The summed E-state index contributed by atoms with van der Waals surface area (Å²) in [6.07, 6.45) is 0. The fraction of sp³-hybridized carbons (Fsp3) is 1.00. The molecule has 2 fully saturated rings. The Balaban J connectivity index is 1.88. The summed E-state index contributed by atoms with van der Waals surface area (Å²) in [6.45, 7) is 5.53. The third-order valence-electron chi connectivity index (χ3n) is 2.13. The standard InChI is InChI=1S/C6H14O2Si2/c1-9(2)8-10(3-4-10)6-5-7-6/h6,9H,3-5H2,1-2H3. The molecule has 0 spiro atoms. The van der Waals surface area contributed by atoms with Crippen molar-refractivity contribution in [2.24, 2.45) is 0 Å². The quantitative estimate of drug-likeness (QED) is 0.468. The summed E-state index contributed by atoms with van der Waals surface area (Å²) in [5.41, 5.74) is 0.613. The Morgan fingerprint density at radius 1 is 1.50 bits per heavy atom. The van der Waals surface area contributed by atoms with E-state index in [1.165, 1.54) is 12.1 Å². The van der Waals surface area contributed by atoms with Crippen molar-refractivity contribution in [1.29, 1.82) is 0 Å². The predicted octanol–water partition coefficient (Wildman–Crippen LogP) is 0.883. The molecule has 0 aromatic carbocycles. The zero-order valence-corrected chi connectivity index (χ0v) is 8.75. The summed E-state index contributed by atoms with van der Waals surface area (Å²) in [6, 6.07) is 2.76. The molecule has 1 unspecified atom stereocenters. The maximum atomic E-state index is 6.03. The molecule has 2 aliphatic heterocycles. The monoisotopic (exact) mass is 174 g/mol. The van der Waals surface area contributed by atoms with Crippen molar-refractivity contribution >= 4 is 17.4 Å². The summed E-state index contributed by atoms with van der Waals surface area (Å²) in [7, 11) is -1.91. The number of hydrogen-bond acceptors (Lipinski definition) is 2. The van der Waals surface area contributed by atoms with Gasteiger partial charge in [0.05, 0.1) is 12.3 Å². The lowest BCUT2D eigenvalue weighted by atomic mass is 11.0. The normalized spacial score (nSPS) is 34.5. The third-order valence-corrected chi connectivity index (χ3v) is 8.89. The third kappa shape index (κ3) is 1.21. The minimum Gasteiger partial charge on any atom is -0.456 e. The van der Waals surface area contributed by atoms with Gasteiger partial charge in [0.15, 0.2) is 9.04 Å². The number of hydrogen-bond donors (Lipinski definition) is 0. The van der Waals surface area contributed by atoms with Gasteiger partial charge in [-0.15, -0.1) is 0 Å². The zero-order valence-electron chi connectivity index (χ0n) is 6.59. The first-order chi connectivity index (χ1) is 4.73. The van der Waals surface area contributed by atoms with E-state index in [1.807, 2.05) is 0 Å². The topological polar surface area (TPSA) is 21.8 Å². The van der Waals surface area contributed by atoms with Crippen LogP contribution in [0.25, 0.3) is 0 Å². The molecule has 0 aromatic rings. The molecule has 2 nitrogen and oxygen atoms in total. The second-order valence-corrected chi connectivity index (χ2v) is 10.4. The highest BCUT2D eigenvalue weighted by atomic mass is 28.4. The number of ether oxygens (including phenoxy) is 1. The summed E-state index contributed by atoms with van der Waals surface area (Å²) in [5, 5.41) is 0. The van der Waals surface area contributed by atoms with E-state index in [0.29, 0.717) is 5.73 Å². The molecule has 2 rings (SSSR count). The van der Waals surface area contributed by atoms with Crippen LogP contribution in [0.1, 0.15) is 0 Å². The fourth-order valence-electron chi connectivity index (χ4n) is 1.46. The average molecular weight is 174 g/mol. The van der Waals surface area contributed by atoms with Crippen LogP contribution >= 0.6 is 0 Å². The van der Waals surface area contributed by atoms with E-state index < -0.39 is 17.4 Å². The van der Waals surface area contributed by atoms with Gasteiger partial charge in [0.25, 0.3) is 0 Å². The van der Waals surface area contributed by atoms with E-state index in [9.17, 15) is 0 Å². The molecule has 2 aliphatic rings. The van der Waals surface area contributed by atoms with Crippen LogP contribution in [0.15, 0.2) is 0 Å². The Hall–Kier alpha value is 0.354. The van der Waals surface area contributed by atoms with Gasteiger partial charge in [-0.3, -0.25) is 0 Å². The van der Waals surface area contributed by atoms with Crippen molar-refractivity contribution < 1.29 is 8.85 Å². The number of epoxide rings is 1. The van der Waals surface area contributed by atoms with Crippen molar-refractivity contribution in [2.45, 2.75) is 30.9 Å². The lowest BCUT2D eigenvalue weighted by Gasteiger charge is -2.14. The lowest BCUT2D eigenvalue weighted by Crippen LogP contribution is -2.33. The Morgan fingerprint density at radius 3 is 2.40 bits per heavy atom. The van der Waals surface area contributed by atoms with E-state index in [1.54, 1.807) is 0 Å². The van der Waals surface area contributed by atoms with E-state index >= 15 is 0 Å². The van der Waals surface area contributed by atoms with Gasteiger partial charge in [0.1, 0.15) is 0 Å². The van der Waals surface area contributed by atoms with Crippen LogP contribution in [0, 0.1) is 0 Å². The van der Waals surface area contributed by atoms with Crippen molar-refractivity contribution in [3.63, 3.8) is 0 Å². The summed E-state index contributed by atoms with van der Waals surface area (Å²) < 4.78 is 11.3. The lowest BCUT2D eigenvalue weighted by molar-refractivity contribution is 0.431. The molecule has 0 bridgehead atoms. The van der Waals surface area contributed by atoms with Crippen LogP contribution in [0.4, 0.5) is 0 Å². The van der Waals surface area contributed by atoms with Crippen LogP contribution < -0.4 is 0 Å². The van der Waals surface area contributed by atoms with Gasteiger partial charge >= 0.3 is 0 Å². The molecule has 58 valence electrons. The predicted molar refractivity (Wildman–Crippen MR) is 45.1 cm³/mol. The Kier molecular flexibility index (Phi) is 1.52. The summed E-state index contributed by atoms with van der Waals surface area (Å²) in [4.78, 5) is 0. The summed E-state index contributed by atoms with van der Waals surface area (Å²) in [5.74, 6) is 0. The minimum atomic E-state index is -1.14. The molecule has 2 heterocycles. The Morgan fingerprint density at radius 2 is 2.10 bits per heavy atom. The molecule has 4 heteroatoms. The molecule has 2 saturated heterocycles. The SMILES string of the molecule is C[SiH](C)O[Si]1(C2CO2)CC1. The van der Waals surface area contributed by atoms with Gasteiger partial charge in [-0.1, -0.05) is 0 Å². The van der Waals surface area contributed by atoms with Gasteiger partial charge in [-0.25, -0.2) is 0 Å². The molecule has 0 saturated carbocycles. The van der Waals surface area contributed by atoms with Crippen molar-refractivity contribution in [3.8, 4) is 0 Å². The van der Waals surface area contributed by atoms with Gasteiger partial charge in [0, 0.05) is 0 Å². The van der Waals surface area contributed by atoms with Crippen LogP contribution in [0.5, 0.6) is 0 Å². The molecule has 1 atom stereocenters. The highest BCUT2D eigenvalue weighted by molar-refractivity contribution is 6.89. The largest absolute Gasteiger partial charge is 0.456 e. The van der Waals surface area contributed by atoms with E-state index in [-0.39, 0.29) is 0 Å². The molecule has 0 aromatic heterocycles. The first-order valence-corrected chi connectivity index (χ1v) is 9.20. The smallest absolute Gasteiger partial charge is 0.211 e. The second kappa shape index (κ2) is 2.17. The van der Waals surface area contributed by atoms with Crippen LogP contribution in [-0.2, 0) is 8.85 Å². The molecule has 0 amide bonds. The van der Waals surface area contributed by atoms with E-state index in [0.717, 1.165) is 6.61 Å². The van der Waals surface area contributed by atoms with Crippen LogP contribution in [-0.4, -0.2) is 29.7 Å². The van der Waals surface area contributed by atoms with Gasteiger partial charge in [-0.2, -0.15) is 0 Å². The maximum absolute atomic E-state index is 6.03. The molecular formula is C6H14O2Si2. The molecular weight excluding hydrogens is 160 g/mol. The molecule has 0 N–H and O–H groups in total. The van der Waals surface area contributed by atoms with Crippen LogP contribution in [0.3, 0.4) is 0 Å².